The average molecular weight is 297 g/mol. The van der Waals surface area contributed by atoms with Crippen LogP contribution in [0.2, 0.25) is 0 Å². The van der Waals surface area contributed by atoms with Crippen LogP contribution in [-0.4, -0.2) is 28.0 Å². The molecular formula is C16H15N3O3. The van der Waals surface area contributed by atoms with E-state index in [-0.39, 0.29) is 11.9 Å². The van der Waals surface area contributed by atoms with Crippen LogP contribution in [0.1, 0.15) is 22.6 Å². The predicted octanol–water partition coefficient (Wildman–Crippen LogP) is 2.18. The molecule has 1 atom stereocenters. The first-order valence-corrected chi connectivity index (χ1v) is 7.22. The zero-order valence-electron chi connectivity index (χ0n) is 12.4. The standard InChI is InChI=1S/C16H15N3O3/c1-9-14(10(2)22-17-9)19-15(20)13-7-11-5-3-4-6-12(11)8-18(13)16(19)21/h3-6,13H,7-8H2,1-2H3. The van der Waals surface area contributed by atoms with Crippen molar-refractivity contribution in [1.82, 2.24) is 10.1 Å². The Labute approximate surface area is 127 Å². The van der Waals surface area contributed by atoms with Gasteiger partial charge in [-0.1, -0.05) is 29.4 Å². The largest absolute Gasteiger partial charge is 0.359 e. The van der Waals surface area contributed by atoms with Crippen molar-refractivity contribution >= 4 is 17.6 Å². The van der Waals surface area contributed by atoms with Gasteiger partial charge in [0.05, 0.1) is 0 Å². The summed E-state index contributed by atoms with van der Waals surface area (Å²) >= 11 is 0. The normalized spacial score (nSPS) is 20.4. The molecule has 4 rings (SSSR count). The highest BCUT2D eigenvalue weighted by Gasteiger charge is 2.49. The molecule has 0 bridgehead atoms. The first-order chi connectivity index (χ1) is 10.6. The Morgan fingerprint density at radius 1 is 1.18 bits per heavy atom. The lowest BCUT2D eigenvalue weighted by Crippen LogP contribution is -2.39. The van der Waals surface area contributed by atoms with Gasteiger partial charge < -0.3 is 9.42 Å². The van der Waals surface area contributed by atoms with Gasteiger partial charge in [0.1, 0.15) is 17.4 Å². The van der Waals surface area contributed by atoms with Crippen LogP contribution in [0.25, 0.3) is 0 Å². The van der Waals surface area contributed by atoms with Crippen molar-refractivity contribution in [2.45, 2.75) is 32.9 Å². The number of amides is 3. The van der Waals surface area contributed by atoms with Crippen LogP contribution in [0.3, 0.4) is 0 Å². The first kappa shape index (κ1) is 13.1. The molecule has 0 spiro atoms. The quantitative estimate of drug-likeness (QED) is 0.757. The number of benzene rings is 1. The van der Waals surface area contributed by atoms with E-state index in [1.165, 1.54) is 4.90 Å². The van der Waals surface area contributed by atoms with E-state index >= 15 is 0 Å². The maximum Gasteiger partial charge on any atom is 0.332 e. The van der Waals surface area contributed by atoms with E-state index in [4.69, 9.17) is 4.52 Å². The molecule has 2 aromatic rings. The predicted molar refractivity (Wildman–Crippen MR) is 78.3 cm³/mol. The summed E-state index contributed by atoms with van der Waals surface area (Å²) < 4.78 is 5.10. The third-order valence-electron chi connectivity index (χ3n) is 4.41. The molecule has 3 amide bonds. The van der Waals surface area contributed by atoms with Crippen molar-refractivity contribution in [1.29, 1.82) is 0 Å². The van der Waals surface area contributed by atoms with Crippen molar-refractivity contribution in [3.05, 3.63) is 46.8 Å². The molecule has 0 saturated carbocycles. The fourth-order valence-electron chi connectivity index (χ4n) is 3.32. The Bertz CT molecular complexity index is 733. The van der Waals surface area contributed by atoms with Crippen LogP contribution in [0.15, 0.2) is 28.8 Å². The van der Waals surface area contributed by atoms with Gasteiger partial charge in [0.25, 0.3) is 5.91 Å². The number of rotatable bonds is 1. The Hall–Kier alpha value is -2.63. The van der Waals surface area contributed by atoms with E-state index < -0.39 is 6.04 Å². The number of imide groups is 1. The van der Waals surface area contributed by atoms with Crippen molar-refractivity contribution < 1.29 is 14.1 Å². The van der Waals surface area contributed by atoms with E-state index in [0.29, 0.717) is 30.1 Å². The monoisotopic (exact) mass is 297 g/mol. The minimum atomic E-state index is -0.434. The molecule has 0 aliphatic carbocycles. The van der Waals surface area contributed by atoms with E-state index in [1.54, 1.807) is 18.7 Å². The third kappa shape index (κ3) is 1.63. The zero-order chi connectivity index (χ0) is 15.4. The number of anilines is 1. The van der Waals surface area contributed by atoms with Crippen molar-refractivity contribution in [3.8, 4) is 0 Å². The summed E-state index contributed by atoms with van der Waals surface area (Å²) in [5.74, 6) is 0.283. The second-order valence-corrected chi connectivity index (χ2v) is 5.75. The minimum Gasteiger partial charge on any atom is -0.359 e. The van der Waals surface area contributed by atoms with E-state index in [2.05, 4.69) is 5.16 Å². The number of aromatic nitrogens is 1. The summed E-state index contributed by atoms with van der Waals surface area (Å²) in [5, 5.41) is 3.85. The molecule has 1 unspecified atom stereocenters. The number of carbonyl (C=O) groups excluding carboxylic acids is 2. The molecule has 0 N–H and O–H groups in total. The van der Waals surface area contributed by atoms with Crippen LogP contribution in [0.4, 0.5) is 10.5 Å². The van der Waals surface area contributed by atoms with Gasteiger partial charge in [0, 0.05) is 13.0 Å². The fraction of sp³-hybridized carbons (Fsp3) is 0.312. The summed E-state index contributed by atoms with van der Waals surface area (Å²) in [6.45, 7) is 3.91. The van der Waals surface area contributed by atoms with Gasteiger partial charge >= 0.3 is 6.03 Å². The van der Waals surface area contributed by atoms with Gasteiger partial charge in [-0.05, 0) is 25.0 Å². The molecule has 1 fully saturated rings. The summed E-state index contributed by atoms with van der Waals surface area (Å²) in [6.07, 6.45) is 0.556. The molecule has 6 nitrogen and oxygen atoms in total. The molecule has 3 heterocycles. The van der Waals surface area contributed by atoms with Crippen LogP contribution in [0, 0.1) is 13.8 Å². The second-order valence-electron chi connectivity index (χ2n) is 5.75. The Balaban J connectivity index is 1.76. The minimum absolute atomic E-state index is 0.200. The number of carbonyl (C=O) groups is 2. The molecule has 2 aliphatic heterocycles. The van der Waals surface area contributed by atoms with E-state index in [9.17, 15) is 9.59 Å². The number of hydrogen-bond acceptors (Lipinski definition) is 4. The Morgan fingerprint density at radius 3 is 2.59 bits per heavy atom. The zero-order valence-corrected chi connectivity index (χ0v) is 12.4. The molecule has 1 aromatic carbocycles. The Morgan fingerprint density at radius 2 is 1.91 bits per heavy atom. The van der Waals surface area contributed by atoms with E-state index in [0.717, 1.165) is 11.1 Å². The average Bonchev–Trinajstić information content (AvgIpc) is 2.96. The van der Waals surface area contributed by atoms with Gasteiger partial charge in [0.15, 0.2) is 5.76 Å². The summed E-state index contributed by atoms with van der Waals surface area (Å²) in [5.41, 5.74) is 3.26. The third-order valence-corrected chi connectivity index (χ3v) is 4.41. The van der Waals surface area contributed by atoms with Crippen LogP contribution >= 0.6 is 0 Å². The number of nitrogens with zero attached hydrogens (tertiary/aromatic N) is 3. The SMILES string of the molecule is Cc1noc(C)c1N1C(=O)C2Cc3ccccc3CN2C1=O. The Kier molecular flexibility index (Phi) is 2.63. The lowest BCUT2D eigenvalue weighted by molar-refractivity contribution is -0.120. The smallest absolute Gasteiger partial charge is 0.332 e. The fourth-order valence-corrected chi connectivity index (χ4v) is 3.32. The highest BCUT2D eigenvalue weighted by molar-refractivity contribution is 6.22. The van der Waals surface area contributed by atoms with Crippen molar-refractivity contribution in [2.75, 3.05) is 4.90 Å². The van der Waals surface area contributed by atoms with Crippen LogP contribution in [0.5, 0.6) is 0 Å². The molecular weight excluding hydrogens is 282 g/mol. The number of hydrogen-bond donors (Lipinski definition) is 0. The molecule has 2 aliphatic rings. The molecule has 1 saturated heterocycles. The van der Waals surface area contributed by atoms with Gasteiger partial charge in [-0.15, -0.1) is 0 Å². The van der Waals surface area contributed by atoms with E-state index in [1.807, 2.05) is 24.3 Å². The van der Waals surface area contributed by atoms with Gasteiger partial charge in [0.2, 0.25) is 0 Å². The van der Waals surface area contributed by atoms with Gasteiger partial charge in [-0.3, -0.25) is 4.79 Å². The van der Waals surface area contributed by atoms with Crippen LogP contribution < -0.4 is 4.90 Å². The number of urea groups is 1. The second kappa shape index (κ2) is 4.43. The molecule has 6 heteroatoms. The van der Waals surface area contributed by atoms with Gasteiger partial charge in [-0.2, -0.15) is 0 Å². The molecule has 0 radical (unpaired) electrons. The maximum atomic E-state index is 12.8. The summed E-state index contributed by atoms with van der Waals surface area (Å²) in [6, 6.07) is 7.20. The molecule has 1 aromatic heterocycles. The summed E-state index contributed by atoms with van der Waals surface area (Å²) in [7, 11) is 0. The lowest BCUT2D eigenvalue weighted by Gasteiger charge is -2.28. The number of aryl methyl sites for hydroxylation is 2. The summed E-state index contributed by atoms with van der Waals surface area (Å²) in [4.78, 5) is 28.3. The molecule has 112 valence electrons. The highest BCUT2D eigenvalue weighted by atomic mass is 16.5. The highest BCUT2D eigenvalue weighted by Crippen LogP contribution is 2.35. The number of fused-ring (bicyclic) bond motifs is 2. The lowest BCUT2D eigenvalue weighted by atomic mass is 9.95. The first-order valence-electron chi connectivity index (χ1n) is 7.22. The van der Waals surface area contributed by atoms with Crippen molar-refractivity contribution in [2.24, 2.45) is 0 Å². The van der Waals surface area contributed by atoms with Crippen molar-refractivity contribution in [3.63, 3.8) is 0 Å². The van der Waals surface area contributed by atoms with Gasteiger partial charge in [-0.25, -0.2) is 9.69 Å². The topological polar surface area (TPSA) is 66.7 Å². The van der Waals surface area contributed by atoms with Crippen LogP contribution in [-0.2, 0) is 17.8 Å². The maximum absolute atomic E-state index is 12.8. The molecule has 22 heavy (non-hydrogen) atoms.